The summed E-state index contributed by atoms with van der Waals surface area (Å²) in [4.78, 5) is 57.6. The van der Waals surface area contributed by atoms with Gasteiger partial charge in [-0.05, 0) is 80.3 Å². The summed E-state index contributed by atoms with van der Waals surface area (Å²) in [5.41, 5.74) is 1.53. The quantitative estimate of drug-likeness (QED) is 0.108. The predicted octanol–water partition coefficient (Wildman–Crippen LogP) is 8.19. The SMILES string of the molecule is CCCOC(=O)c1cc(Cl)c(OC(=O)CCCc2ccc(NC(=O)c3ccc(C)nc3-c3ccc(C(F)(F)F)cc3)c(C(=O)N(C)C)c2)c(OC)c1. The van der Waals surface area contributed by atoms with E-state index < -0.39 is 35.5 Å². The van der Waals surface area contributed by atoms with E-state index in [4.69, 9.17) is 25.8 Å². The molecule has 4 rings (SSSR count). The van der Waals surface area contributed by atoms with Crippen LogP contribution in [0.1, 0.15) is 74.1 Å². The van der Waals surface area contributed by atoms with Gasteiger partial charge in [0, 0.05) is 31.8 Å². The van der Waals surface area contributed by atoms with E-state index in [1.165, 1.54) is 42.3 Å². The van der Waals surface area contributed by atoms with Gasteiger partial charge < -0.3 is 24.4 Å². The van der Waals surface area contributed by atoms with Gasteiger partial charge in [0.05, 0.1) is 52.4 Å². The molecule has 0 aliphatic rings. The van der Waals surface area contributed by atoms with Crippen molar-refractivity contribution in [3.8, 4) is 22.8 Å². The molecule has 14 heteroatoms. The van der Waals surface area contributed by atoms with Crippen LogP contribution in [0.15, 0.2) is 66.7 Å². The lowest BCUT2D eigenvalue weighted by atomic mass is 10.0. The summed E-state index contributed by atoms with van der Waals surface area (Å²) >= 11 is 6.32. The fourth-order valence-corrected chi connectivity index (χ4v) is 5.31. The number of anilines is 1. The molecule has 0 atom stereocenters. The molecule has 0 bridgehead atoms. The highest BCUT2D eigenvalue weighted by atomic mass is 35.5. The largest absolute Gasteiger partial charge is 0.493 e. The van der Waals surface area contributed by atoms with Crippen molar-refractivity contribution in [3.63, 3.8) is 0 Å². The van der Waals surface area contributed by atoms with E-state index in [-0.39, 0.29) is 57.6 Å². The standard InChI is InChI=1S/C38H37ClF3N3O7/c1-6-18-51-37(49)25-20-29(39)34(31(21-25)50-5)52-32(46)9-7-8-23-11-17-30(28(19-23)36(48)45(3)4)44-35(47)27-16-10-22(2)43-33(27)24-12-14-26(15-13-24)38(40,41)42/h10-17,19-21H,6-9,18H2,1-5H3,(H,44,47). The maximum Gasteiger partial charge on any atom is 0.416 e. The lowest BCUT2D eigenvalue weighted by molar-refractivity contribution is -0.137. The van der Waals surface area contributed by atoms with Crippen molar-refractivity contribution in [2.24, 2.45) is 0 Å². The van der Waals surface area contributed by atoms with Crippen molar-refractivity contribution in [3.05, 3.63) is 105 Å². The first-order valence-corrected chi connectivity index (χ1v) is 16.6. The van der Waals surface area contributed by atoms with Crippen molar-refractivity contribution in [2.75, 3.05) is 33.1 Å². The molecular formula is C38H37ClF3N3O7. The molecule has 0 aliphatic heterocycles. The third-order valence-electron chi connectivity index (χ3n) is 7.70. The Morgan fingerprint density at radius 3 is 2.29 bits per heavy atom. The first-order chi connectivity index (χ1) is 24.6. The van der Waals surface area contributed by atoms with Crippen LogP contribution in [0.4, 0.5) is 18.9 Å². The number of hydrogen-bond donors (Lipinski definition) is 1. The van der Waals surface area contributed by atoms with Crippen molar-refractivity contribution in [2.45, 2.75) is 45.7 Å². The van der Waals surface area contributed by atoms with Crippen LogP contribution < -0.4 is 14.8 Å². The number of pyridine rings is 1. The minimum atomic E-state index is -4.52. The molecule has 274 valence electrons. The topological polar surface area (TPSA) is 124 Å². The Morgan fingerprint density at radius 1 is 0.942 bits per heavy atom. The number of nitrogens with zero attached hydrogens (tertiary/aromatic N) is 2. The Bertz CT molecular complexity index is 1960. The second kappa shape index (κ2) is 17.2. The molecule has 0 unspecified atom stereocenters. The molecule has 4 aromatic rings. The molecule has 0 fully saturated rings. The van der Waals surface area contributed by atoms with Gasteiger partial charge in [0.2, 0.25) is 0 Å². The van der Waals surface area contributed by atoms with Crippen LogP contribution in [0.5, 0.6) is 11.5 Å². The number of rotatable bonds is 13. The van der Waals surface area contributed by atoms with Gasteiger partial charge in [0.25, 0.3) is 11.8 Å². The van der Waals surface area contributed by atoms with Crippen molar-refractivity contribution < 1.29 is 46.6 Å². The van der Waals surface area contributed by atoms with E-state index in [0.717, 1.165) is 12.1 Å². The number of nitrogens with one attached hydrogen (secondary N) is 1. The molecule has 1 aromatic heterocycles. The maximum absolute atomic E-state index is 13.6. The van der Waals surface area contributed by atoms with Crippen LogP contribution in [0.25, 0.3) is 11.3 Å². The van der Waals surface area contributed by atoms with E-state index in [1.807, 2.05) is 6.92 Å². The smallest absolute Gasteiger partial charge is 0.416 e. The average molecular weight is 740 g/mol. The van der Waals surface area contributed by atoms with Crippen LogP contribution >= 0.6 is 11.6 Å². The number of esters is 2. The minimum absolute atomic E-state index is 0.00600. The molecule has 0 spiro atoms. The van der Waals surface area contributed by atoms with E-state index in [9.17, 15) is 32.3 Å². The summed E-state index contributed by atoms with van der Waals surface area (Å²) in [7, 11) is 4.46. The fourth-order valence-electron chi connectivity index (χ4n) is 5.06. The number of carbonyl (C=O) groups excluding carboxylic acids is 4. The average Bonchev–Trinajstić information content (AvgIpc) is 3.11. The number of methoxy groups -OCH3 is 1. The Hall–Kier alpha value is -5.43. The summed E-state index contributed by atoms with van der Waals surface area (Å²) in [6, 6.07) is 15.1. The molecule has 52 heavy (non-hydrogen) atoms. The lowest BCUT2D eigenvalue weighted by Crippen LogP contribution is -2.24. The number of benzene rings is 3. The first kappa shape index (κ1) is 39.4. The van der Waals surface area contributed by atoms with Gasteiger partial charge in [-0.2, -0.15) is 13.2 Å². The van der Waals surface area contributed by atoms with Crippen LogP contribution in [-0.2, 0) is 22.1 Å². The Morgan fingerprint density at radius 2 is 1.65 bits per heavy atom. The van der Waals surface area contributed by atoms with Crippen LogP contribution in [-0.4, -0.2) is 61.4 Å². The summed E-state index contributed by atoms with van der Waals surface area (Å²) in [6.45, 7) is 3.79. The van der Waals surface area contributed by atoms with E-state index >= 15 is 0 Å². The van der Waals surface area contributed by atoms with E-state index in [1.54, 1.807) is 45.3 Å². The van der Waals surface area contributed by atoms with Gasteiger partial charge in [-0.3, -0.25) is 19.4 Å². The number of ether oxygens (including phenoxy) is 3. The number of aryl methyl sites for hydroxylation is 2. The monoisotopic (exact) mass is 739 g/mol. The highest BCUT2D eigenvalue weighted by Gasteiger charge is 2.30. The summed E-state index contributed by atoms with van der Waals surface area (Å²) in [5, 5.41) is 2.75. The lowest BCUT2D eigenvalue weighted by Gasteiger charge is -2.17. The zero-order valence-electron chi connectivity index (χ0n) is 29.2. The number of aromatic nitrogens is 1. The summed E-state index contributed by atoms with van der Waals surface area (Å²) in [5.74, 6) is -2.17. The molecule has 3 aromatic carbocycles. The predicted molar refractivity (Wildman–Crippen MR) is 189 cm³/mol. The van der Waals surface area contributed by atoms with Gasteiger partial charge in [-0.1, -0.05) is 36.7 Å². The highest BCUT2D eigenvalue weighted by molar-refractivity contribution is 6.32. The maximum atomic E-state index is 13.6. The van der Waals surface area contributed by atoms with Gasteiger partial charge in [0.1, 0.15) is 0 Å². The van der Waals surface area contributed by atoms with Crippen LogP contribution in [0, 0.1) is 6.92 Å². The van der Waals surface area contributed by atoms with Crippen LogP contribution in [0.3, 0.4) is 0 Å². The number of hydrogen-bond acceptors (Lipinski definition) is 8. The van der Waals surface area contributed by atoms with Gasteiger partial charge in [0.15, 0.2) is 11.5 Å². The molecule has 0 saturated heterocycles. The summed E-state index contributed by atoms with van der Waals surface area (Å²) < 4.78 is 55.4. The molecule has 0 radical (unpaired) electrons. The minimum Gasteiger partial charge on any atom is -0.493 e. The molecule has 0 saturated carbocycles. The third-order valence-corrected chi connectivity index (χ3v) is 7.98. The zero-order chi connectivity index (χ0) is 38.2. The molecule has 1 N–H and O–H groups in total. The fraction of sp³-hybridized carbons (Fsp3) is 0.289. The number of halogens is 4. The zero-order valence-corrected chi connectivity index (χ0v) is 29.9. The highest BCUT2D eigenvalue weighted by Crippen LogP contribution is 2.37. The Balaban J connectivity index is 1.48. The number of alkyl halides is 3. The second-order valence-corrected chi connectivity index (χ2v) is 12.3. The van der Waals surface area contributed by atoms with Gasteiger partial charge >= 0.3 is 18.1 Å². The first-order valence-electron chi connectivity index (χ1n) is 16.2. The van der Waals surface area contributed by atoms with Gasteiger partial charge in [-0.25, -0.2) is 4.79 Å². The molecule has 2 amide bonds. The normalized spacial score (nSPS) is 11.1. The van der Waals surface area contributed by atoms with Crippen molar-refractivity contribution in [1.29, 1.82) is 0 Å². The molecule has 10 nitrogen and oxygen atoms in total. The number of carbonyl (C=O) groups is 4. The Labute approximate surface area is 303 Å². The second-order valence-electron chi connectivity index (χ2n) is 11.9. The molecular weight excluding hydrogens is 703 g/mol. The van der Waals surface area contributed by atoms with Crippen molar-refractivity contribution in [1.82, 2.24) is 9.88 Å². The van der Waals surface area contributed by atoms with E-state index in [2.05, 4.69) is 10.3 Å². The number of amides is 2. The summed E-state index contributed by atoms with van der Waals surface area (Å²) in [6.07, 6.45) is -3.21. The molecule has 1 heterocycles. The van der Waals surface area contributed by atoms with Crippen LogP contribution in [0.2, 0.25) is 5.02 Å². The molecule has 0 aliphatic carbocycles. The van der Waals surface area contributed by atoms with Gasteiger partial charge in [-0.15, -0.1) is 0 Å². The Kier molecular flexibility index (Phi) is 13.0. The van der Waals surface area contributed by atoms with Crippen molar-refractivity contribution >= 4 is 41.0 Å². The van der Waals surface area contributed by atoms with E-state index in [0.29, 0.717) is 36.1 Å². The third kappa shape index (κ3) is 9.87.